The molecule has 3 N–H and O–H groups in total. The first-order chi connectivity index (χ1) is 13.5. The first kappa shape index (κ1) is 19.8. The molecule has 2 heterocycles. The number of rotatable bonds is 8. The van der Waals surface area contributed by atoms with E-state index in [0.29, 0.717) is 23.3 Å². The number of ether oxygens (including phenoxy) is 1. The molecular formula is C19H23N5O3S. The summed E-state index contributed by atoms with van der Waals surface area (Å²) in [6.07, 6.45) is 2.31. The van der Waals surface area contributed by atoms with E-state index in [1.807, 2.05) is 38.1 Å². The van der Waals surface area contributed by atoms with E-state index in [2.05, 4.69) is 15.5 Å². The van der Waals surface area contributed by atoms with Crippen LogP contribution in [-0.2, 0) is 11.2 Å². The van der Waals surface area contributed by atoms with Crippen molar-refractivity contribution in [2.24, 2.45) is 0 Å². The monoisotopic (exact) mass is 401 g/mol. The maximum absolute atomic E-state index is 12.4. The Kier molecular flexibility index (Phi) is 6.25. The Labute approximate surface area is 167 Å². The molecule has 148 valence electrons. The summed E-state index contributed by atoms with van der Waals surface area (Å²) in [6, 6.07) is 9.57. The molecule has 28 heavy (non-hydrogen) atoms. The normalized spacial score (nSPS) is 12.0. The molecule has 3 aromatic rings. The molecule has 0 saturated carbocycles. The Morgan fingerprint density at radius 1 is 1.32 bits per heavy atom. The van der Waals surface area contributed by atoms with E-state index in [4.69, 9.17) is 15.0 Å². The maximum Gasteiger partial charge on any atom is 0.233 e. The number of hydrogen-bond acceptors (Lipinski definition) is 7. The van der Waals surface area contributed by atoms with Crippen LogP contribution in [0.5, 0.6) is 5.75 Å². The van der Waals surface area contributed by atoms with Crippen molar-refractivity contribution in [3.05, 3.63) is 47.9 Å². The van der Waals surface area contributed by atoms with Crippen molar-refractivity contribution >= 4 is 17.7 Å². The Balaban J connectivity index is 1.53. The summed E-state index contributed by atoms with van der Waals surface area (Å²) in [5.41, 5.74) is 1.90. The third-order valence-corrected chi connectivity index (χ3v) is 5.34. The number of thioether (sulfide) groups is 1. The Morgan fingerprint density at radius 2 is 2.07 bits per heavy atom. The second-order valence-electron chi connectivity index (χ2n) is 6.22. The van der Waals surface area contributed by atoms with Crippen LogP contribution >= 0.6 is 11.8 Å². The van der Waals surface area contributed by atoms with E-state index < -0.39 is 0 Å². The molecule has 8 nitrogen and oxygen atoms in total. The van der Waals surface area contributed by atoms with Gasteiger partial charge in [0.1, 0.15) is 11.5 Å². The van der Waals surface area contributed by atoms with E-state index in [1.165, 1.54) is 16.4 Å². The molecule has 0 aliphatic rings. The molecule has 1 amide bonds. The molecular weight excluding hydrogens is 378 g/mol. The molecule has 0 aliphatic heterocycles. The third kappa shape index (κ3) is 4.48. The van der Waals surface area contributed by atoms with Crippen LogP contribution in [0, 0.1) is 6.92 Å². The van der Waals surface area contributed by atoms with E-state index in [-0.39, 0.29) is 11.2 Å². The standard InChI is InChI=1S/C19H23N5O3S/c1-12-16(9-11-27-12)17-22-23-19(24(17)20)28-13(2)18(25)21-10-8-14-4-6-15(26-3)7-5-14/h4-7,9,11,13H,8,10,20H2,1-3H3,(H,21,25). The number of nitrogens with zero attached hydrogens (tertiary/aromatic N) is 3. The topological polar surface area (TPSA) is 108 Å². The Hall–Kier alpha value is -2.94. The average molecular weight is 401 g/mol. The Morgan fingerprint density at radius 3 is 2.71 bits per heavy atom. The number of methoxy groups -OCH3 is 1. The SMILES string of the molecule is COc1ccc(CCNC(=O)C(C)Sc2nnc(-c3ccoc3C)n2N)cc1. The van der Waals surface area contributed by atoms with E-state index in [0.717, 1.165) is 23.3 Å². The minimum absolute atomic E-state index is 0.0810. The summed E-state index contributed by atoms with van der Waals surface area (Å²) >= 11 is 1.26. The molecule has 0 spiro atoms. The zero-order valence-corrected chi connectivity index (χ0v) is 16.8. The fourth-order valence-corrected chi connectivity index (χ4v) is 3.43. The van der Waals surface area contributed by atoms with Crippen LogP contribution in [0.25, 0.3) is 11.4 Å². The van der Waals surface area contributed by atoms with Crippen molar-refractivity contribution in [1.29, 1.82) is 0 Å². The van der Waals surface area contributed by atoms with Crippen molar-refractivity contribution in [3.8, 4) is 17.1 Å². The number of aryl methyl sites for hydroxylation is 1. The predicted molar refractivity (Wildman–Crippen MR) is 108 cm³/mol. The van der Waals surface area contributed by atoms with Crippen LogP contribution in [0.15, 0.2) is 46.2 Å². The number of nitrogens with one attached hydrogen (secondary N) is 1. The van der Waals surface area contributed by atoms with Gasteiger partial charge in [-0.25, -0.2) is 4.68 Å². The summed E-state index contributed by atoms with van der Waals surface area (Å²) in [6.45, 7) is 4.19. The first-order valence-corrected chi connectivity index (χ1v) is 9.69. The number of hydrogen-bond donors (Lipinski definition) is 2. The van der Waals surface area contributed by atoms with Gasteiger partial charge in [0.2, 0.25) is 11.1 Å². The quantitative estimate of drug-likeness (QED) is 0.441. The molecule has 9 heteroatoms. The minimum atomic E-state index is -0.360. The van der Waals surface area contributed by atoms with Crippen LogP contribution < -0.4 is 15.9 Å². The van der Waals surface area contributed by atoms with Crippen molar-refractivity contribution in [2.75, 3.05) is 19.5 Å². The third-order valence-electron chi connectivity index (χ3n) is 4.29. The number of amides is 1. The van der Waals surface area contributed by atoms with Crippen molar-refractivity contribution < 1.29 is 13.9 Å². The number of carbonyl (C=O) groups is 1. The second-order valence-corrected chi connectivity index (χ2v) is 7.52. The summed E-state index contributed by atoms with van der Waals surface area (Å²) in [7, 11) is 1.63. The highest BCUT2D eigenvalue weighted by Gasteiger charge is 2.21. The number of benzene rings is 1. The number of furan rings is 1. The summed E-state index contributed by atoms with van der Waals surface area (Å²) in [5, 5.41) is 11.3. The summed E-state index contributed by atoms with van der Waals surface area (Å²) in [5.74, 6) is 8.04. The van der Waals surface area contributed by atoms with E-state index in [1.54, 1.807) is 19.4 Å². The van der Waals surface area contributed by atoms with Gasteiger partial charge in [-0.2, -0.15) is 0 Å². The highest BCUT2D eigenvalue weighted by atomic mass is 32.2. The molecule has 0 aliphatic carbocycles. The van der Waals surface area contributed by atoms with Gasteiger partial charge >= 0.3 is 0 Å². The second kappa shape index (κ2) is 8.83. The number of nitrogen functional groups attached to an aromatic ring is 1. The molecule has 0 radical (unpaired) electrons. The van der Waals surface area contributed by atoms with Gasteiger partial charge in [-0.3, -0.25) is 4.79 Å². The lowest BCUT2D eigenvalue weighted by Crippen LogP contribution is -2.32. The highest BCUT2D eigenvalue weighted by Crippen LogP contribution is 2.27. The predicted octanol–water partition coefficient (Wildman–Crippen LogP) is 2.41. The van der Waals surface area contributed by atoms with Crippen LogP contribution in [0.4, 0.5) is 0 Å². The van der Waals surface area contributed by atoms with Crippen molar-refractivity contribution in [1.82, 2.24) is 20.2 Å². The number of aromatic nitrogens is 3. The van der Waals surface area contributed by atoms with Gasteiger partial charge < -0.3 is 20.3 Å². The summed E-state index contributed by atoms with van der Waals surface area (Å²) in [4.78, 5) is 12.4. The van der Waals surface area contributed by atoms with Crippen LogP contribution in [0.2, 0.25) is 0 Å². The van der Waals surface area contributed by atoms with Crippen molar-refractivity contribution in [2.45, 2.75) is 30.7 Å². The lowest BCUT2D eigenvalue weighted by Gasteiger charge is -2.11. The van der Waals surface area contributed by atoms with Gasteiger partial charge in [0.25, 0.3) is 0 Å². The van der Waals surface area contributed by atoms with Gasteiger partial charge in [0, 0.05) is 6.54 Å². The Bertz CT molecular complexity index is 935. The van der Waals surface area contributed by atoms with Gasteiger partial charge in [0.15, 0.2) is 5.82 Å². The summed E-state index contributed by atoms with van der Waals surface area (Å²) < 4.78 is 11.8. The fourth-order valence-electron chi connectivity index (χ4n) is 2.64. The van der Waals surface area contributed by atoms with E-state index in [9.17, 15) is 4.79 Å². The molecule has 2 aromatic heterocycles. The first-order valence-electron chi connectivity index (χ1n) is 8.82. The average Bonchev–Trinajstić information content (AvgIpc) is 3.27. The lowest BCUT2D eigenvalue weighted by molar-refractivity contribution is -0.120. The zero-order valence-electron chi connectivity index (χ0n) is 16.0. The molecule has 1 unspecified atom stereocenters. The molecule has 3 rings (SSSR count). The molecule has 1 atom stereocenters. The van der Waals surface area contributed by atoms with Crippen molar-refractivity contribution in [3.63, 3.8) is 0 Å². The fraction of sp³-hybridized carbons (Fsp3) is 0.316. The largest absolute Gasteiger partial charge is 0.497 e. The van der Waals surface area contributed by atoms with Crippen LogP contribution in [-0.4, -0.2) is 39.7 Å². The zero-order chi connectivity index (χ0) is 20.1. The van der Waals surface area contributed by atoms with Gasteiger partial charge in [-0.1, -0.05) is 23.9 Å². The van der Waals surface area contributed by atoms with Gasteiger partial charge in [0.05, 0.1) is 24.2 Å². The smallest absolute Gasteiger partial charge is 0.233 e. The maximum atomic E-state index is 12.4. The lowest BCUT2D eigenvalue weighted by atomic mass is 10.1. The molecule has 1 aromatic carbocycles. The number of carbonyl (C=O) groups excluding carboxylic acids is 1. The van der Waals surface area contributed by atoms with Crippen LogP contribution in [0.1, 0.15) is 18.2 Å². The van der Waals surface area contributed by atoms with Gasteiger partial charge in [-0.05, 0) is 44.0 Å². The van der Waals surface area contributed by atoms with E-state index >= 15 is 0 Å². The minimum Gasteiger partial charge on any atom is -0.497 e. The molecule has 0 saturated heterocycles. The van der Waals surface area contributed by atoms with Gasteiger partial charge in [-0.15, -0.1) is 10.2 Å². The highest BCUT2D eigenvalue weighted by molar-refractivity contribution is 8.00. The molecule has 0 bridgehead atoms. The molecule has 0 fully saturated rings. The van der Waals surface area contributed by atoms with Crippen LogP contribution in [0.3, 0.4) is 0 Å². The number of nitrogens with two attached hydrogens (primary N) is 1.